The van der Waals surface area contributed by atoms with Crippen LogP contribution in [0, 0.1) is 92.7 Å². The fourth-order valence-corrected chi connectivity index (χ4v) is 31.0. The number of carbonyl (C=O) groups excluding carboxylic acids is 12. The van der Waals surface area contributed by atoms with Crippen molar-refractivity contribution in [1.82, 2.24) is 19.6 Å². The Morgan fingerprint density at radius 3 is 0.390 bits per heavy atom. The zero-order valence-corrected chi connectivity index (χ0v) is 76.6. The summed E-state index contributed by atoms with van der Waals surface area (Å²) in [5, 5.41) is 46.8. The maximum absolute atomic E-state index is 13.3. The van der Waals surface area contributed by atoms with Crippen molar-refractivity contribution in [2.75, 3.05) is 0 Å². The van der Waals surface area contributed by atoms with Crippen LogP contribution in [0.2, 0.25) is 80.4 Å². The average molecular weight is 2110 g/mol. The van der Waals surface area contributed by atoms with Gasteiger partial charge in [-0.15, -0.1) is 0 Å². The molecule has 38 heteroatoms. The summed E-state index contributed by atoms with van der Waals surface area (Å²) in [4.78, 5) is 159. The molecule has 16 bridgehead atoms. The predicted octanol–water partition coefficient (Wildman–Crippen LogP) is 16.9. The summed E-state index contributed by atoms with van der Waals surface area (Å²) in [5.41, 5.74) is -4.20. The Morgan fingerprint density at radius 2 is 0.305 bits per heavy atom. The summed E-state index contributed by atoms with van der Waals surface area (Å²) in [7, 11) is 0. The molecule has 4 atom stereocenters. The minimum atomic E-state index is -1.43. The van der Waals surface area contributed by atoms with Crippen molar-refractivity contribution in [2.45, 2.75) is 178 Å². The van der Waals surface area contributed by atoms with Crippen molar-refractivity contribution in [1.29, 1.82) is 0 Å². The molecule has 4 aromatic carbocycles. The fourth-order valence-electron chi connectivity index (χ4n) is 27.0. The molecule has 20 aliphatic rings. The standard InChI is InChI=1S/4C20H17Cl4NO4.2Rh/c4*21-12-10-11(13(22)15(24)14(12)23)18(27)25(17(10)26)16(19(28)29)20-4-7-1-8(5-20)3-9(2-7)6-20;;/h4*7-9,16H,1-6H2,(H,28,29);;/q;;;;2*+2/p-4/t4*7?,8?,9?,16-,20?;;/m0000../s1. The van der Waals surface area contributed by atoms with E-state index in [1.165, 1.54) is 0 Å². The topological polar surface area (TPSA) is 310 Å². The number of aliphatic carboxylic acids is 4. The first-order valence-electron chi connectivity index (χ1n) is 38.4. The molecule has 16 saturated carbocycles. The molecule has 630 valence electrons. The number of carbonyl (C=O) groups is 12. The van der Waals surface area contributed by atoms with Gasteiger partial charge in [0.05, 0.1) is 173 Å². The summed E-state index contributed by atoms with van der Waals surface area (Å²) in [6.45, 7) is 0. The molecular weight excluding hydrogens is 2050 g/mol. The first kappa shape index (κ1) is 90.0. The number of hydrogen-bond donors (Lipinski definition) is 0. The van der Waals surface area contributed by atoms with Crippen LogP contribution in [0.5, 0.6) is 0 Å². The number of fused-ring (bicyclic) bond motifs is 4. The Balaban J connectivity index is 0.000000122. The van der Waals surface area contributed by atoms with Crippen LogP contribution in [-0.4, -0.2) is 115 Å². The van der Waals surface area contributed by atoms with E-state index in [2.05, 4.69) is 0 Å². The zero-order chi connectivity index (χ0) is 83.3. The Labute approximate surface area is 781 Å². The van der Waals surface area contributed by atoms with Crippen molar-refractivity contribution in [3.05, 3.63) is 125 Å². The number of imide groups is 4. The third-order valence-corrected chi connectivity index (χ3v) is 36.3. The Bertz CT molecular complexity index is 4280. The minimum Gasteiger partial charge on any atom is -0.548 e. The summed E-state index contributed by atoms with van der Waals surface area (Å²) in [6.07, 6.45) is 21.1. The third-order valence-electron chi connectivity index (χ3n) is 29.1. The van der Waals surface area contributed by atoms with E-state index in [1.807, 2.05) is 0 Å². The molecule has 0 N–H and O–H groups in total. The van der Waals surface area contributed by atoms with Crippen LogP contribution in [0.4, 0.5) is 0 Å². The smallest absolute Gasteiger partial charge is 0.548 e. The van der Waals surface area contributed by atoms with Gasteiger partial charge in [0.25, 0.3) is 47.3 Å². The monoisotopic (exact) mass is 2100 g/mol. The van der Waals surface area contributed by atoms with Gasteiger partial charge in [0.1, 0.15) is 0 Å². The second-order valence-corrected chi connectivity index (χ2v) is 42.0. The number of halogens is 16. The maximum atomic E-state index is 13.3. The van der Waals surface area contributed by atoms with Crippen LogP contribution in [0.3, 0.4) is 0 Å². The predicted molar refractivity (Wildman–Crippen MR) is 426 cm³/mol. The van der Waals surface area contributed by atoms with E-state index in [-0.39, 0.29) is 164 Å². The summed E-state index contributed by atoms with van der Waals surface area (Å²) >= 11 is 98.2. The van der Waals surface area contributed by atoms with Gasteiger partial charge in [-0.2, -0.15) is 0 Å². The molecule has 0 unspecified atom stereocenters. The molecular formula is C80H64Cl16N4O16Rh2. The van der Waals surface area contributed by atoms with Crippen LogP contribution in [-0.2, 0) is 58.1 Å². The number of carboxylic acids is 4. The van der Waals surface area contributed by atoms with Crippen molar-refractivity contribution >= 4 is 257 Å². The van der Waals surface area contributed by atoms with E-state index in [4.69, 9.17) is 186 Å². The van der Waals surface area contributed by atoms with Crippen molar-refractivity contribution < 1.29 is 117 Å². The average Bonchev–Trinajstić information content (AvgIpc) is 1.34. The molecule has 16 fully saturated rings. The van der Waals surface area contributed by atoms with Gasteiger partial charge in [-0.05, 0) is 247 Å². The van der Waals surface area contributed by atoms with Gasteiger partial charge in [0.2, 0.25) is 0 Å². The zero-order valence-electron chi connectivity index (χ0n) is 61.2. The van der Waals surface area contributed by atoms with E-state index >= 15 is 0 Å². The Kier molecular flexibility index (Phi) is 24.6. The number of hydrogen-bond acceptors (Lipinski definition) is 16. The molecule has 4 heterocycles. The molecule has 8 amide bonds. The van der Waals surface area contributed by atoms with Gasteiger partial charge in [-0.3, -0.25) is 58.0 Å². The first-order chi connectivity index (χ1) is 54.6. The van der Waals surface area contributed by atoms with Gasteiger partial charge < -0.3 is 39.6 Å². The molecule has 4 aromatic rings. The number of benzene rings is 4. The quantitative estimate of drug-likeness (QED) is 0.0551. The van der Waals surface area contributed by atoms with Gasteiger partial charge in [-0.1, -0.05) is 186 Å². The summed E-state index contributed by atoms with van der Waals surface area (Å²) < 4.78 is 0. The van der Waals surface area contributed by atoms with E-state index in [0.29, 0.717) is 148 Å². The van der Waals surface area contributed by atoms with E-state index in [0.717, 1.165) is 96.6 Å². The van der Waals surface area contributed by atoms with Gasteiger partial charge in [0.15, 0.2) is 0 Å². The van der Waals surface area contributed by atoms with Crippen LogP contribution < -0.4 is 20.4 Å². The normalized spacial score (nSPS) is 32.8. The van der Waals surface area contributed by atoms with Crippen LogP contribution >= 0.6 is 186 Å². The molecule has 0 spiro atoms. The van der Waals surface area contributed by atoms with Crippen LogP contribution in [0.15, 0.2) is 0 Å². The Morgan fingerprint density at radius 1 is 0.212 bits per heavy atom. The van der Waals surface area contributed by atoms with Gasteiger partial charge >= 0.3 is 39.0 Å². The van der Waals surface area contributed by atoms with Crippen LogP contribution in [0.25, 0.3) is 0 Å². The van der Waals surface area contributed by atoms with Crippen LogP contribution in [0.1, 0.15) is 237 Å². The molecule has 0 saturated heterocycles. The second-order valence-electron chi connectivity index (χ2n) is 36.0. The minimum absolute atomic E-state index is 0. The van der Waals surface area contributed by atoms with Gasteiger partial charge in [0, 0.05) is 0 Å². The molecule has 24 rings (SSSR count). The van der Waals surface area contributed by atoms with E-state index < -0.39 is 117 Å². The molecule has 4 aliphatic heterocycles. The molecule has 118 heavy (non-hydrogen) atoms. The SMILES string of the molecule is O=C([O-])[C@H](N1C(=O)c2c(Cl)c(Cl)c(Cl)c(Cl)c2C1=O)C12CC3CC(CC(C3)C1)C2.O=C([O-])[C@H](N1C(=O)c2c(Cl)c(Cl)c(Cl)c(Cl)c2C1=O)C12CC3CC(CC(C3)C1)C2.O=C([O-])[C@H](N1C(=O)c2c(Cl)c(Cl)c(Cl)c(Cl)c2C1=O)C12CC3CC(CC(C3)C1)C2.O=C([O-])[C@H](N1C(=O)c2c(Cl)c(Cl)c(Cl)c(Cl)c2C1=O)C12CC3CC(CC(C3)C1)C2.[Rh+2].[Rh+2]. The van der Waals surface area contributed by atoms with Gasteiger partial charge in [-0.25, -0.2) is 0 Å². The molecule has 20 nitrogen and oxygen atoms in total. The van der Waals surface area contributed by atoms with Crippen molar-refractivity contribution in [3.8, 4) is 0 Å². The maximum Gasteiger partial charge on any atom is 2.00 e. The number of rotatable bonds is 12. The second kappa shape index (κ2) is 32.2. The largest absolute Gasteiger partial charge is 2.00 e. The Hall–Kier alpha value is -2.79. The molecule has 16 aliphatic carbocycles. The van der Waals surface area contributed by atoms with E-state index in [9.17, 15) is 78.0 Å². The number of amides is 8. The number of nitrogens with zero attached hydrogens (tertiary/aromatic N) is 4. The first-order valence-corrected chi connectivity index (χ1v) is 44.4. The van der Waals surface area contributed by atoms with Crippen molar-refractivity contribution in [2.24, 2.45) is 92.7 Å². The summed E-state index contributed by atoms with van der Waals surface area (Å²) in [5.74, 6) is -7.04. The molecule has 0 aromatic heterocycles. The van der Waals surface area contributed by atoms with Crippen molar-refractivity contribution in [3.63, 3.8) is 0 Å². The fraction of sp³-hybridized carbons (Fsp3) is 0.550. The third kappa shape index (κ3) is 13.8. The van der Waals surface area contributed by atoms with E-state index in [1.54, 1.807) is 0 Å². The number of carboxylic acid groups (broad SMARTS) is 4. The molecule has 2 radical (unpaired) electrons. The summed E-state index contributed by atoms with van der Waals surface area (Å²) in [6, 6.07) is -5.47.